The molecule has 6 heteroatoms. The van der Waals surface area contributed by atoms with Crippen LogP contribution in [0.2, 0.25) is 0 Å². The molecular weight excluding hydrogens is 288 g/mol. The molecule has 118 valence electrons. The second-order valence-corrected chi connectivity index (χ2v) is 6.40. The molecule has 1 atom stereocenters. The second kappa shape index (κ2) is 6.79. The number of alkyl halides is 1. The van der Waals surface area contributed by atoms with Crippen LogP contribution in [0.1, 0.15) is 50.5 Å². The molecule has 0 bridgehead atoms. The van der Waals surface area contributed by atoms with E-state index in [1.807, 2.05) is 25.6 Å². The maximum Gasteiger partial charge on any atom is 0.158 e. The Morgan fingerprint density at radius 2 is 1.95 bits per heavy atom. The van der Waals surface area contributed by atoms with Gasteiger partial charge >= 0.3 is 0 Å². The fourth-order valence-corrected chi connectivity index (χ4v) is 2.73. The van der Waals surface area contributed by atoms with Crippen LogP contribution in [-0.4, -0.2) is 32.0 Å². The molecule has 0 aliphatic heterocycles. The van der Waals surface area contributed by atoms with Crippen LogP contribution in [0.3, 0.4) is 0 Å². The summed E-state index contributed by atoms with van der Waals surface area (Å²) in [7, 11) is 1.96. The number of unbranched alkanes of at least 4 members (excludes halogenated alkanes) is 1. The Morgan fingerprint density at radius 3 is 2.57 bits per heavy atom. The van der Waals surface area contributed by atoms with E-state index in [4.69, 9.17) is 16.3 Å². The monoisotopic (exact) mass is 312 g/mol. The SMILES string of the molecule is Cc1nn(C)c2c1nc(C(C)Cl)n2CCCCOC(C)C. The van der Waals surface area contributed by atoms with Gasteiger partial charge in [0.25, 0.3) is 0 Å². The topological polar surface area (TPSA) is 44.9 Å². The van der Waals surface area contributed by atoms with Crippen LogP contribution in [0.25, 0.3) is 11.2 Å². The van der Waals surface area contributed by atoms with Crippen molar-refractivity contribution in [2.75, 3.05) is 6.61 Å². The van der Waals surface area contributed by atoms with Crippen molar-refractivity contribution >= 4 is 22.8 Å². The first kappa shape index (κ1) is 16.3. The van der Waals surface area contributed by atoms with Gasteiger partial charge in [-0.1, -0.05) is 0 Å². The molecule has 21 heavy (non-hydrogen) atoms. The van der Waals surface area contributed by atoms with Gasteiger partial charge in [-0.3, -0.25) is 4.68 Å². The fourth-order valence-electron chi connectivity index (χ4n) is 2.57. The molecule has 0 fully saturated rings. The highest BCUT2D eigenvalue weighted by atomic mass is 35.5. The maximum atomic E-state index is 6.29. The molecule has 0 spiro atoms. The molecule has 0 amide bonds. The summed E-state index contributed by atoms with van der Waals surface area (Å²) in [6.45, 7) is 9.76. The minimum absolute atomic E-state index is 0.108. The highest BCUT2D eigenvalue weighted by Gasteiger charge is 2.19. The minimum Gasteiger partial charge on any atom is -0.379 e. The number of hydrogen-bond acceptors (Lipinski definition) is 3. The Labute approximate surface area is 131 Å². The number of rotatable bonds is 7. The van der Waals surface area contributed by atoms with Crippen LogP contribution in [0.15, 0.2) is 0 Å². The molecule has 0 saturated carbocycles. The highest BCUT2D eigenvalue weighted by Crippen LogP contribution is 2.26. The second-order valence-electron chi connectivity index (χ2n) is 5.75. The van der Waals surface area contributed by atoms with Gasteiger partial charge in [0.05, 0.1) is 17.2 Å². The molecule has 0 aliphatic carbocycles. The van der Waals surface area contributed by atoms with Crippen molar-refractivity contribution < 1.29 is 4.74 Å². The first-order valence-corrected chi connectivity index (χ1v) is 8.00. The smallest absolute Gasteiger partial charge is 0.158 e. The number of aryl methyl sites for hydroxylation is 3. The van der Waals surface area contributed by atoms with E-state index in [-0.39, 0.29) is 5.38 Å². The van der Waals surface area contributed by atoms with Crippen LogP contribution >= 0.6 is 11.6 Å². The number of halogens is 1. The number of hydrogen-bond donors (Lipinski definition) is 0. The predicted molar refractivity (Wildman–Crippen MR) is 85.8 cm³/mol. The molecule has 2 aromatic heterocycles. The Balaban J connectivity index is 2.15. The van der Waals surface area contributed by atoms with Crippen molar-refractivity contribution in [3.05, 3.63) is 11.5 Å². The summed E-state index contributed by atoms with van der Waals surface area (Å²) >= 11 is 6.29. The van der Waals surface area contributed by atoms with Crippen LogP contribution in [-0.2, 0) is 18.3 Å². The minimum atomic E-state index is -0.108. The van der Waals surface area contributed by atoms with Crippen LogP contribution in [0, 0.1) is 6.92 Å². The summed E-state index contributed by atoms with van der Waals surface area (Å²) in [5.41, 5.74) is 2.96. The summed E-state index contributed by atoms with van der Waals surface area (Å²) in [5.74, 6) is 0.924. The third kappa shape index (κ3) is 3.58. The van der Waals surface area contributed by atoms with E-state index >= 15 is 0 Å². The maximum absolute atomic E-state index is 6.29. The van der Waals surface area contributed by atoms with E-state index in [0.29, 0.717) is 6.10 Å². The number of ether oxygens (including phenoxy) is 1. The van der Waals surface area contributed by atoms with Gasteiger partial charge in [0.1, 0.15) is 11.3 Å². The van der Waals surface area contributed by atoms with Crippen LogP contribution < -0.4 is 0 Å². The zero-order valence-electron chi connectivity index (χ0n) is 13.6. The molecule has 2 heterocycles. The lowest BCUT2D eigenvalue weighted by Gasteiger charge is -2.11. The van der Waals surface area contributed by atoms with Gasteiger partial charge in [-0.15, -0.1) is 11.6 Å². The molecule has 5 nitrogen and oxygen atoms in total. The summed E-state index contributed by atoms with van der Waals surface area (Å²) in [5, 5.41) is 4.34. The standard InChI is InChI=1S/C15H25ClN4O/c1-10(2)21-9-7-6-8-20-14(11(3)16)17-13-12(4)18-19(5)15(13)20/h10-11H,6-9H2,1-5H3. The zero-order valence-corrected chi connectivity index (χ0v) is 14.3. The Morgan fingerprint density at radius 1 is 1.24 bits per heavy atom. The van der Waals surface area contributed by atoms with Gasteiger partial charge in [-0.05, 0) is 40.5 Å². The Kier molecular flexibility index (Phi) is 5.27. The quantitative estimate of drug-likeness (QED) is 0.580. The lowest BCUT2D eigenvalue weighted by Crippen LogP contribution is -2.10. The number of fused-ring (bicyclic) bond motifs is 1. The van der Waals surface area contributed by atoms with E-state index in [1.165, 1.54) is 0 Å². The Bertz CT molecular complexity index is 600. The zero-order chi connectivity index (χ0) is 15.6. The van der Waals surface area contributed by atoms with Crippen LogP contribution in [0.5, 0.6) is 0 Å². The molecule has 2 rings (SSSR count). The van der Waals surface area contributed by atoms with Gasteiger partial charge in [-0.2, -0.15) is 5.10 Å². The summed E-state index contributed by atoms with van der Waals surface area (Å²) in [6, 6.07) is 0. The molecule has 0 radical (unpaired) electrons. The summed E-state index contributed by atoms with van der Waals surface area (Å²) < 4.78 is 9.68. The normalized spacial score (nSPS) is 13.5. The van der Waals surface area contributed by atoms with Gasteiger partial charge < -0.3 is 9.30 Å². The van der Waals surface area contributed by atoms with E-state index in [1.54, 1.807) is 0 Å². The van der Waals surface area contributed by atoms with Gasteiger partial charge in [0, 0.05) is 20.2 Å². The van der Waals surface area contributed by atoms with Gasteiger partial charge in [0.2, 0.25) is 0 Å². The summed E-state index contributed by atoms with van der Waals surface area (Å²) in [6.07, 6.45) is 2.37. The fraction of sp³-hybridized carbons (Fsp3) is 0.733. The molecule has 0 aliphatic rings. The van der Waals surface area contributed by atoms with Crippen molar-refractivity contribution in [1.29, 1.82) is 0 Å². The van der Waals surface area contributed by atoms with E-state index < -0.39 is 0 Å². The van der Waals surface area contributed by atoms with Crippen molar-refractivity contribution in [2.24, 2.45) is 7.05 Å². The highest BCUT2D eigenvalue weighted by molar-refractivity contribution is 6.20. The number of nitrogens with zero attached hydrogens (tertiary/aromatic N) is 4. The van der Waals surface area contributed by atoms with Gasteiger partial charge in [-0.25, -0.2) is 4.98 Å². The molecule has 2 aromatic rings. The van der Waals surface area contributed by atoms with Crippen LogP contribution in [0.4, 0.5) is 0 Å². The first-order valence-electron chi connectivity index (χ1n) is 7.57. The van der Waals surface area contributed by atoms with Crippen molar-refractivity contribution in [3.63, 3.8) is 0 Å². The molecule has 0 N–H and O–H groups in total. The van der Waals surface area contributed by atoms with Gasteiger partial charge in [0.15, 0.2) is 5.65 Å². The van der Waals surface area contributed by atoms with Crippen molar-refractivity contribution in [3.8, 4) is 0 Å². The van der Waals surface area contributed by atoms with Crippen molar-refractivity contribution in [2.45, 2.75) is 58.6 Å². The number of aromatic nitrogens is 4. The largest absolute Gasteiger partial charge is 0.379 e. The lowest BCUT2D eigenvalue weighted by molar-refractivity contribution is 0.0754. The molecule has 0 saturated heterocycles. The lowest BCUT2D eigenvalue weighted by atomic mass is 10.3. The third-order valence-corrected chi connectivity index (χ3v) is 3.70. The predicted octanol–water partition coefficient (Wildman–Crippen LogP) is 3.58. The third-order valence-electron chi connectivity index (χ3n) is 3.50. The van der Waals surface area contributed by atoms with Crippen molar-refractivity contribution in [1.82, 2.24) is 19.3 Å². The average Bonchev–Trinajstić information content (AvgIpc) is 2.89. The molecular formula is C15H25ClN4O. The van der Waals surface area contributed by atoms with E-state index in [2.05, 4.69) is 28.5 Å². The average molecular weight is 313 g/mol. The first-order chi connectivity index (χ1) is 9.91. The number of imidazole rings is 1. The Hall–Kier alpha value is -1.07. The molecule has 1 unspecified atom stereocenters. The van der Waals surface area contributed by atoms with E-state index in [9.17, 15) is 0 Å². The van der Waals surface area contributed by atoms with E-state index in [0.717, 1.165) is 48.7 Å². The summed E-state index contributed by atoms with van der Waals surface area (Å²) in [4.78, 5) is 4.68. The molecule has 0 aromatic carbocycles.